The van der Waals surface area contributed by atoms with Crippen LogP contribution in [0.5, 0.6) is 5.75 Å². The maximum atomic E-state index is 12.9. The Labute approximate surface area is 164 Å². The molecule has 1 saturated heterocycles. The zero-order chi connectivity index (χ0) is 19.8. The number of nitrogens with zero attached hydrogens (tertiary/aromatic N) is 1. The van der Waals surface area contributed by atoms with Gasteiger partial charge in [-0.15, -0.1) is 0 Å². The Hall–Kier alpha value is -2.43. The molecule has 0 spiro atoms. The van der Waals surface area contributed by atoms with E-state index in [1.165, 1.54) is 0 Å². The Morgan fingerprint density at radius 2 is 1.54 bits per heavy atom. The van der Waals surface area contributed by atoms with Crippen LogP contribution in [0.4, 0.5) is 0 Å². The largest absolute Gasteiger partial charge is 0.425 e. The van der Waals surface area contributed by atoms with Gasteiger partial charge in [-0.3, -0.25) is 14.5 Å². The second-order valence-electron chi connectivity index (χ2n) is 9.67. The molecule has 5 heteroatoms. The predicted octanol–water partition coefficient (Wildman–Crippen LogP) is 2.94. The van der Waals surface area contributed by atoms with Gasteiger partial charge in [-0.1, -0.05) is 45.1 Å². The van der Waals surface area contributed by atoms with Gasteiger partial charge in [0.1, 0.15) is 12.3 Å². The lowest BCUT2D eigenvalue weighted by Crippen LogP contribution is -2.40. The zero-order valence-corrected chi connectivity index (χ0v) is 16.4. The number of hydrogen-bond donors (Lipinski definition) is 0. The van der Waals surface area contributed by atoms with Crippen LogP contribution in [0.1, 0.15) is 32.8 Å². The molecule has 3 fully saturated rings. The third-order valence-corrected chi connectivity index (χ3v) is 6.99. The first kappa shape index (κ1) is 17.7. The summed E-state index contributed by atoms with van der Waals surface area (Å²) < 4.78 is 5.39. The summed E-state index contributed by atoms with van der Waals surface area (Å²) >= 11 is 0. The van der Waals surface area contributed by atoms with Crippen LogP contribution in [-0.4, -0.2) is 29.2 Å². The molecule has 0 unspecified atom stereocenters. The summed E-state index contributed by atoms with van der Waals surface area (Å²) in [7, 11) is 0. The summed E-state index contributed by atoms with van der Waals surface area (Å²) in [6.45, 7) is 6.04. The lowest BCUT2D eigenvalue weighted by atomic mass is 9.63. The highest BCUT2D eigenvalue weighted by Crippen LogP contribution is 2.65. The number of carbonyl (C=O) groups excluding carboxylic acids is 3. The van der Waals surface area contributed by atoms with E-state index in [0.717, 1.165) is 16.9 Å². The number of carbonyl (C=O) groups is 3. The minimum Gasteiger partial charge on any atom is -0.425 e. The van der Waals surface area contributed by atoms with Crippen LogP contribution in [-0.2, 0) is 19.8 Å². The van der Waals surface area contributed by atoms with Gasteiger partial charge in [-0.2, -0.15) is 0 Å². The van der Waals surface area contributed by atoms with E-state index >= 15 is 0 Å². The van der Waals surface area contributed by atoms with Crippen molar-refractivity contribution in [3.05, 3.63) is 42.0 Å². The number of imide groups is 1. The van der Waals surface area contributed by atoms with Crippen LogP contribution in [0.2, 0.25) is 0 Å². The molecule has 6 atom stereocenters. The van der Waals surface area contributed by atoms with Crippen LogP contribution in [0.15, 0.2) is 36.4 Å². The summed E-state index contributed by atoms with van der Waals surface area (Å²) in [5.74, 6) is 0.369. The Balaban J connectivity index is 1.27. The maximum absolute atomic E-state index is 12.9. The molecule has 2 saturated carbocycles. The fourth-order valence-corrected chi connectivity index (χ4v) is 5.49. The molecule has 1 heterocycles. The van der Waals surface area contributed by atoms with Gasteiger partial charge in [0.2, 0.25) is 11.8 Å². The second kappa shape index (κ2) is 5.79. The number of rotatable bonds is 3. The number of ether oxygens (including phenoxy) is 1. The summed E-state index contributed by atoms with van der Waals surface area (Å²) in [6.07, 6.45) is 5.38. The summed E-state index contributed by atoms with van der Waals surface area (Å²) in [4.78, 5) is 39.4. The van der Waals surface area contributed by atoms with E-state index in [0.29, 0.717) is 17.6 Å². The number of benzene rings is 1. The molecule has 146 valence electrons. The van der Waals surface area contributed by atoms with Crippen LogP contribution in [0.25, 0.3) is 0 Å². The van der Waals surface area contributed by atoms with Gasteiger partial charge in [-0.05, 0) is 53.2 Å². The Bertz CT molecular complexity index is 858. The van der Waals surface area contributed by atoms with Gasteiger partial charge >= 0.3 is 5.97 Å². The third kappa shape index (κ3) is 2.55. The average molecular weight is 379 g/mol. The van der Waals surface area contributed by atoms with Crippen molar-refractivity contribution in [3.8, 4) is 5.75 Å². The molecule has 5 aliphatic rings. The minimum absolute atomic E-state index is 0.0152. The standard InChI is InChI=1S/C23H25NO4/c1-23(2,3)12-4-6-13(7-5-12)28-18(25)11-24-21(26)19-14-8-9-15(17-10-16(14)17)20(19)22(24)27/h4-9,14-17,19-20H,10-11H2,1-3H3/t14-,15-,16-,17-,19+,20+/m1/s1. The van der Waals surface area contributed by atoms with Crippen molar-refractivity contribution in [1.29, 1.82) is 0 Å². The highest BCUT2D eigenvalue weighted by atomic mass is 16.5. The van der Waals surface area contributed by atoms with E-state index in [2.05, 4.69) is 32.9 Å². The van der Waals surface area contributed by atoms with Gasteiger partial charge in [0.25, 0.3) is 0 Å². The smallest absolute Gasteiger partial charge is 0.331 e. The molecule has 1 aromatic carbocycles. The van der Waals surface area contributed by atoms with Gasteiger partial charge < -0.3 is 4.74 Å². The van der Waals surface area contributed by atoms with Gasteiger partial charge in [0.15, 0.2) is 0 Å². The second-order valence-corrected chi connectivity index (χ2v) is 9.67. The quantitative estimate of drug-likeness (QED) is 0.351. The van der Waals surface area contributed by atoms with E-state index in [1.807, 2.05) is 12.1 Å². The molecule has 0 radical (unpaired) electrons. The lowest BCUT2D eigenvalue weighted by molar-refractivity contribution is -0.148. The maximum Gasteiger partial charge on any atom is 0.331 e. The molecule has 1 aromatic rings. The van der Waals surface area contributed by atoms with Crippen molar-refractivity contribution in [2.45, 2.75) is 32.6 Å². The van der Waals surface area contributed by atoms with E-state index in [1.54, 1.807) is 12.1 Å². The normalized spacial score (nSPS) is 35.0. The van der Waals surface area contributed by atoms with Gasteiger partial charge in [0, 0.05) is 0 Å². The number of amides is 2. The van der Waals surface area contributed by atoms with E-state index in [9.17, 15) is 14.4 Å². The molecule has 4 aliphatic carbocycles. The third-order valence-electron chi connectivity index (χ3n) is 6.99. The van der Waals surface area contributed by atoms with E-state index in [-0.39, 0.29) is 47.4 Å². The fourth-order valence-electron chi connectivity index (χ4n) is 5.49. The van der Waals surface area contributed by atoms with Crippen LogP contribution in [0.3, 0.4) is 0 Å². The van der Waals surface area contributed by atoms with Crippen molar-refractivity contribution in [3.63, 3.8) is 0 Å². The number of esters is 1. The summed E-state index contributed by atoms with van der Waals surface area (Å²) in [6, 6.07) is 7.37. The van der Waals surface area contributed by atoms with Crippen molar-refractivity contribution in [2.24, 2.45) is 35.5 Å². The number of allylic oxidation sites excluding steroid dienone is 2. The topological polar surface area (TPSA) is 63.7 Å². The molecule has 6 rings (SSSR count). The van der Waals surface area contributed by atoms with E-state index < -0.39 is 5.97 Å². The monoisotopic (exact) mass is 379 g/mol. The predicted molar refractivity (Wildman–Crippen MR) is 102 cm³/mol. The average Bonchev–Trinajstić information content (AvgIpc) is 3.43. The molecule has 1 aliphatic heterocycles. The summed E-state index contributed by atoms with van der Waals surface area (Å²) in [5.41, 5.74) is 1.16. The molecule has 0 N–H and O–H groups in total. The first-order chi connectivity index (χ1) is 13.3. The molecular formula is C23H25NO4. The highest BCUT2D eigenvalue weighted by molar-refractivity contribution is 6.08. The number of likely N-dealkylation sites (tertiary alicyclic amines) is 1. The molecule has 0 aromatic heterocycles. The van der Waals surface area contributed by atoms with Gasteiger partial charge in [0.05, 0.1) is 11.8 Å². The van der Waals surface area contributed by atoms with Crippen LogP contribution < -0.4 is 4.74 Å². The molecule has 2 bridgehead atoms. The van der Waals surface area contributed by atoms with Crippen LogP contribution >= 0.6 is 0 Å². The SMILES string of the molecule is CC(C)(C)c1ccc(OC(=O)CN2C(=O)[C@H]3[C@@H]4C=C[C@H]([C@H]5C[C@H]45)[C@@H]3C2=O)cc1. The van der Waals surface area contributed by atoms with Gasteiger partial charge in [-0.25, -0.2) is 4.79 Å². The van der Waals surface area contributed by atoms with Crippen molar-refractivity contribution >= 4 is 17.8 Å². The summed E-state index contributed by atoms with van der Waals surface area (Å²) in [5, 5.41) is 0. The lowest BCUT2D eigenvalue weighted by Gasteiger charge is -2.37. The highest BCUT2D eigenvalue weighted by Gasteiger charge is 2.67. The first-order valence-electron chi connectivity index (χ1n) is 10.1. The molecule has 28 heavy (non-hydrogen) atoms. The zero-order valence-electron chi connectivity index (χ0n) is 16.4. The van der Waals surface area contributed by atoms with Crippen molar-refractivity contribution < 1.29 is 19.1 Å². The fraction of sp³-hybridized carbons (Fsp3) is 0.522. The first-order valence-corrected chi connectivity index (χ1v) is 10.1. The molecule has 2 amide bonds. The molecule has 5 nitrogen and oxygen atoms in total. The number of hydrogen-bond acceptors (Lipinski definition) is 4. The van der Waals surface area contributed by atoms with Crippen molar-refractivity contribution in [1.82, 2.24) is 4.90 Å². The van der Waals surface area contributed by atoms with Crippen LogP contribution in [0, 0.1) is 35.5 Å². The van der Waals surface area contributed by atoms with E-state index in [4.69, 9.17) is 4.74 Å². The Morgan fingerprint density at radius 1 is 1.00 bits per heavy atom. The minimum atomic E-state index is -0.575. The Kier molecular flexibility index (Phi) is 3.65. The molecular weight excluding hydrogens is 354 g/mol. The van der Waals surface area contributed by atoms with Crippen molar-refractivity contribution in [2.75, 3.05) is 6.54 Å². The Morgan fingerprint density at radius 3 is 2.04 bits per heavy atom.